The Labute approximate surface area is 156 Å². The molecule has 0 heterocycles. The number of hydrogen-bond acceptors (Lipinski definition) is 4. The van der Waals surface area contributed by atoms with E-state index >= 15 is 0 Å². The van der Waals surface area contributed by atoms with Crippen LogP contribution >= 0.6 is 11.6 Å². The number of nitrogens with two attached hydrogens (primary N) is 2. The molecule has 5 heteroatoms. The Bertz CT molecular complexity index is 687. The Hall–Kier alpha value is -2.20. The zero-order valence-corrected chi connectivity index (χ0v) is 16.1. The second kappa shape index (κ2) is 9.33. The Morgan fingerprint density at radius 2 is 2.08 bits per heavy atom. The van der Waals surface area contributed by atoms with Gasteiger partial charge in [-0.1, -0.05) is 32.0 Å². The van der Waals surface area contributed by atoms with E-state index < -0.39 is 0 Å². The summed E-state index contributed by atoms with van der Waals surface area (Å²) < 4.78 is 0. The monoisotopic (exact) mass is 360 g/mol. The van der Waals surface area contributed by atoms with E-state index in [1.165, 1.54) is 12.4 Å². The number of rotatable bonds is 9. The van der Waals surface area contributed by atoms with E-state index in [0.29, 0.717) is 18.0 Å². The summed E-state index contributed by atoms with van der Waals surface area (Å²) in [7, 11) is 0. The zero-order valence-electron chi connectivity index (χ0n) is 15.3. The Morgan fingerprint density at radius 3 is 2.68 bits per heavy atom. The van der Waals surface area contributed by atoms with Crippen LogP contribution in [0, 0.1) is 10.8 Å². The van der Waals surface area contributed by atoms with Gasteiger partial charge in [0.05, 0.1) is 5.03 Å². The van der Waals surface area contributed by atoms with Crippen molar-refractivity contribution in [1.82, 2.24) is 0 Å². The summed E-state index contributed by atoms with van der Waals surface area (Å²) in [5.41, 5.74) is 16.0. The second-order valence-corrected chi connectivity index (χ2v) is 7.19. The van der Waals surface area contributed by atoms with E-state index in [9.17, 15) is 0 Å². The lowest BCUT2D eigenvalue weighted by molar-refractivity contribution is 0.483. The van der Waals surface area contributed by atoms with Crippen molar-refractivity contribution in [1.29, 1.82) is 5.41 Å². The Kier molecular flexibility index (Phi) is 7.78. The van der Waals surface area contributed by atoms with Crippen molar-refractivity contribution in [3.05, 3.63) is 58.8 Å². The standard InChI is InChI=1S/C20H29ClN4/c1-14(10-17(21)12-23)15(2)20(3,4)13-25-19-8-7-18(24)11-16(19)6-5-9-22/h7-12,22,25H,2,5-6,13,23-24H2,1,3-4H3/b14-10-,17-12+,22-9?. The lowest BCUT2D eigenvalue weighted by atomic mass is 9.81. The predicted molar refractivity (Wildman–Crippen MR) is 111 cm³/mol. The van der Waals surface area contributed by atoms with Crippen LogP contribution in [0.3, 0.4) is 0 Å². The molecular formula is C20H29ClN4. The maximum Gasteiger partial charge on any atom is 0.0563 e. The van der Waals surface area contributed by atoms with Gasteiger partial charge in [0.25, 0.3) is 0 Å². The van der Waals surface area contributed by atoms with Crippen molar-refractivity contribution in [3.8, 4) is 0 Å². The van der Waals surface area contributed by atoms with E-state index in [4.69, 9.17) is 28.5 Å². The molecule has 0 amide bonds. The number of aryl methyl sites for hydroxylation is 1. The summed E-state index contributed by atoms with van der Waals surface area (Å²) in [6.45, 7) is 11.2. The van der Waals surface area contributed by atoms with Gasteiger partial charge in [0, 0.05) is 29.5 Å². The summed E-state index contributed by atoms with van der Waals surface area (Å²) in [5, 5.41) is 11.2. The molecule has 0 unspecified atom stereocenters. The molecule has 0 radical (unpaired) electrons. The summed E-state index contributed by atoms with van der Waals surface area (Å²) >= 11 is 5.98. The molecule has 6 N–H and O–H groups in total. The van der Waals surface area contributed by atoms with Crippen molar-refractivity contribution in [2.75, 3.05) is 17.6 Å². The molecule has 0 aliphatic heterocycles. The van der Waals surface area contributed by atoms with Crippen molar-refractivity contribution in [2.24, 2.45) is 11.1 Å². The third kappa shape index (κ3) is 6.31. The molecule has 1 aromatic carbocycles. The first-order chi connectivity index (χ1) is 11.7. The number of nitrogens with one attached hydrogen (secondary N) is 2. The third-order valence-corrected chi connectivity index (χ3v) is 4.45. The fraction of sp³-hybridized carbons (Fsp3) is 0.350. The molecule has 0 fully saturated rings. The molecule has 4 nitrogen and oxygen atoms in total. The highest BCUT2D eigenvalue weighted by atomic mass is 35.5. The van der Waals surface area contributed by atoms with Crippen LogP contribution in [0.25, 0.3) is 0 Å². The Balaban J connectivity index is 2.90. The van der Waals surface area contributed by atoms with Gasteiger partial charge in [-0.15, -0.1) is 0 Å². The SMILES string of the molecule is C=C(/C(C)=C\C(Cl)=C/N)C(C)(C)CNc1ccc(N)cc1CCC=N. The number of halogens is 1. The minimum absolute atomic E-state index is 0.174. The molecule has 136 valence electrons. The van der Waals surface area contributed by atoms with Crippen molar-refractivity contribution in [3.63, 3.8) is 0 Å². The van der Waals surface area contributed by atoms with Crippen LogP contribution in [0.1, 0.15) is 32.8 Å². The van der Waals surface area contributed by atoms with E-state index in [1.807, 2.05) is 31.2 Å². The first kappa shape index (κ1) is 20.8. The predicted octanol–water partition coefficient (Wildman–Crippen LogP) is 4.83. The largest absolute Gasteiger partial charge is 0.403 e. The van der Waals surface area contributed by atoms with Gasteiger partial charge in [-0.05, 0) is 67.0 Å². The highest BCUT2D eigenvalue weighted by Gasteiger charge is 2.23. The van der Waals surface area contributed by atoms with Crippen LogP contribution in [0.4, 0.5) is 11.4 Å². The molecule has 1 aromatic rings. The summed E-state index contributed by atoms with van der Waals surface area (Å²) in [6.07, 6.45) is 6.09. The number of hydrogen-bond donors (Lipinski definition) is 4. The van der Waals surface area contributed by atoms with Crippen molar-refractivity contribution >= 4 is 29.2 Å². The summed E-state index contributed by atoms with van der Waals surface area (Å²) in [5.74, 6) is 0. The molecule has 0 saturated heterocycles. The van der Waals surface area contributed by atoms with Crippen LogP contribution in [-0.4, -0.2) is 12.8 Å². The Morgan fingerprint density at radius 1 is 1.40 bits per heavy atom. The van der Waals surface area contributed by atoms with Crippen LogP contribution in [0.2, 0.25) is 0 Å². The topological polar surface area (TPSA) is 87.9 Å². The van der Waals surface area contributed by atoms with Gasteiger partial charge in [-0.2, -0.15) is 0 Å². The first-order valence-electron chi connectivity index (χ1n) is 8.28. The quantitative estimate of drug-likeness (QED) is 0.289. The zero-order chi connectivity index (χ0) is 19.0. The molecule has 1 rings (SSSR count). The molecule has 0 aromatic heterocycles. The van der Waals surface area contributed by atoms with Crippen molar-refractivity contribution < 1.29 is 0 Å². The number of allylic oxidation sites excluding steroid dienone is 3. The highest BCUT2D eigenvalue weighted by Crippen LogP contribution is 2.32. The first-order valence-corrected chi connectivity index (χ1v) is 8.65. The minimum atomic E-state index is -0.174. The summed E-state index contributed by atoms with van der Waals surface area (Å²) in [4.78, 5) is 0. The highest BCUT2D eigenvalue weighted by molar-refractivity contribution is 6.31. The van der Waals surface area contributed by atoms with Crippen LogP contribution in [-0.2, 0) is 6.42 Å². The van der Waals surface area contributed by atoms with Gasteiger partial charge in [0.1, 0.15) is 0 Å². The lowest BCUT2D eigenvalue weighted by Crippen LogP contribution is -2.26. The van der Waals surface area contributed by atoms with E-state index in [0.717, 1.165) is 34.5 Å². The molecule has 0 aliphatic rings. The molecule has 0 aliphatic carbocycles. The number of nitrogen functional groups attached to an aromatic ring is 1. The molecular weight excluding hydrogens is 332 g/mol. The fourth-order valence-electron chi connectivity index (χ4n) is 2.52. The lowest BCUT2D eigenvalue weighted by Gasteiger charge is -2.29. The summed E-state index contributed by atoms with van der Waals surface area (Å²) in [6, 6.07) is 5.84. The normalized spacial score (nSPS) is 12.8. The van der Waals surface area contributed by atoms with Crippen LogP contribution in [0.15, 0.2) is 53.2 Å². The molecule has 0 saturated carbocycles. The van der Waals surface area contributed by atoms with E-state index in [1.54, 1.807) is 0 Å². The second-order valence-electron chi connectivity index (χ2n) is 6.75. The fourth-order valence-corrected chi connectivity index (χ4v) is 2.68. The minimum Gasteiger partial charge on any atom is -0.403 e. The molecule has 0 bridgehead atoms. The van der Waals surface area contributed by atoms with Crippen LogP contribution < -0.4 is 16.8 Å². The van der Waals surface area contributed by atoms with E-state index in [2.05, 4.69) is 25.7 Å². The van der Waals surface area contributed by atoms with Crippen molar-refractivity contribution in [2.45, 2.75) is 33.6 Å². The van der Waals surface area contributed by atoms with Gasteiger partial charge < -0.3 is 22.2 Å². The molecule has 0 atom stereocenters. The van der Waals surface area contributed by atoms with Gasteiger partial charge in [-0.25, -0.2) is 0 Å². The molecule has 25 heavy (non-hydrogen) atoms. The van der Waals surface area contributed by atoms with Crippen LogP contribution in [0.5, 0.6) is 0 Å². The maximum absolute atomic E-state index is 7.23. The maximum atomic E-state index is 7.23. The smallest absolute Gasteiger partial charge is 0.0563 e. The average Bonchev–Trinajstić information content (AvgIpc) is 2.58. The number of anilines is 2. The average molecular weight is 361 g/mol. The van der Waals surface area contributed by atoms with Gasteiger partial charge in [-0.3, -0.25) is 0 Å². The number of benzene rings is 1. The third-order valence-electron chi connectivity index (χ3n) is 4.21. The van der Waals surface area contributed by atoms with E-state index in [-0.39, 0.29) is 5.41 Å². The van der Waals surface area contributed by atoms with Gasteiger partial charge >= 0.3 is 0 Å². The van der Waals surface area contributed by atoms with Gasteiger partial charge in [0.15, 0.2) is 0 Å². The molecule has 0 spiro atoms. The van der Waals surface area contributed by atoms with Gasteiger partial charge in [0.2, 0.25) is 0 Å².